The molecule has 0 bridgehead atoms. The molecule has 1 N–H and O–H groups in total. The Balaban J connectivity index is 1.98. The molecule has 0 radical (unpaired) electrons. The van der Waals surface area contributed by atoms with E-state index in [4.69, 9.17) is 18.9 Å². The lowest BCUT2D eigenvalue weighted by Crippen LogP contribution is -2.40. The molecule has 3 rings (SSSR count). The van der Waals surface area contributed by atoms with Gasteiger partial charge in [-0.15, -0.1) is 0 Å². The van der Waals surface area contributed by atoms with Crippen molar-refractivity contribution in [2.45, 2.75) is 59.2 Å². The Morgan fingerprint density at radius 2 is 1.75 bits per heavy atom. The summed E-state index contributed by atoms with van der Waals surface area (Å²) in [7, 11) is 0. The molecule has 12 heteroatoms. The second-order valence-electron chi connectivity index (χ2n) is 7.84. The number of carbonyl (C=O) groups is 3. The first-order valence-electron chi connectivity index (χ1n) is 10.2. The predicted octanol–water partition coefficient (Wildman–Crippen LogP) is 1.22. The van der Waals surface area contributed by atoms with Crippen LogP contribution in [0.25, 0.3) is 11.2 Å². The second kappa shape index (κ2) is 9.90. The number of hydrogen-bond donors (Lipinski definition) is 1. The van der Waals surface area contributed by atoms with Crippen LogP contribution in [0, 0.1) is 5.92 Å². The zero-order chi connectivity index (χ0) is 23.4. The SMILES string of the molecule is CC(=O)OC[C@H]1O[C@@H](n2cnc3c(NCC(C)C)ncnc32)C(OC(C)=O)C1OC(C)=O. The number of nitrogens with one attached hydrogen (secondary N) is 1. The summed E-state index contributed by atoms with van der Waals surface area (Å²) >= 11 is 0. The van der Waals surface area contributed by atoms with Crippen LogP contribution < -0.4 is 5.32 Å². The highest BCUT2D eigenvalue weighted by Crippen LogP contribution is 2.36. The topological polar surface area (TPSA) is 144 Å². The van der Waals surface area contributed by atoms with Crippen LogP contribution in [-0.4, -0.2) is 68.9 Å². The van der Waals surface area contributed by atoms with Crippen molar-refractivity contribution in [1.29, 1.82) is 0 Å². The number of hydrogen-bond acceptors (Lipinski definition) is 11. The molecule has 0 amide bonds. The fraction of sp³-hybridized carbons (Fsp3) is 0.600. The third-order valence-corrected chi connectivity index (χ3v) is 4.65. The third kappa shape index (κ3) is 5.31. The van der Waals surface area contributed by atoms with E-state index >= 15 is 0 Å². The van der Waals surface area contributed by atoms with Crippen LogP contribution in [0.15, 0.2) is 12.7 Å². The molecule has 174 valence electrons. The fourth-order valence-corrected chi connectivity index (χ4v) is 3.39. The second-order valence-corrected chi connectivity index (χ2v) is 7.84. The van der Waals surface area contributed by atoms with Crippen molar-refractivity contribution in [3.8, 4) is 0 Å². The number of fused-ring (bicyclic) bond motifs is 1. The van der Waals surface area contributed by atoms with Crippen molar-refractivity contribution < 1.29 is 33.3 Å². The molecule has 2 aromatic heterocycles. The van der Waals surface area contributed by atoms with Crippen LogP contribution in [0.1, 0.15) is 40.8 Å². The summed E-state index contributed by atoms with van der Waals surface area (Å²) < 4.78 is 23.5. The molecule has 32 heavy (non-hydrogen) atoms. The van der Waals surface area contributed by atoms with Gasteiger partial charge >= 0.3 is 17.9 Å². The molecule has 0 aliphatic carbocycles. The van der Waals surface area contributed by atoms with Crippen LogP contribution >= 0.6 is 0 Å². The lowest BCUT2D eigenvalue weighted by Gasteiger charge is -2.23. The summed E-state index contributed by atoms with van der Waals surface area (Å²) in [6, 6.07) is 0. The molecule has 4 atom stereocenters. The smallest absolute Gasteiger partial charge is 0.303 e. The standard InChI is InChI=1S/C20H27N5O7/c1-10(2)6-21-18-15-19(23-8-22-18)25(9-24-15)20-17(31-13(5)28)16(30-12(4)27)14(32-20)7-29-11(3)26/h8-10,14,16-17,20H,6-7H2,1-5H3,(H,21,22,23)/t14-,16?,17?,20-/m1/s1. The molecule has 12 nitrogen and oxygen atoms in total. The first kappa shape index (κ1) is 23.4. The van der Waals surface area contributed by atoms with Crippen molar-refractivity contribution in [3.63, 3.8) is 0 Å². The number of imidazole rings is 1. The number of rotatable bonds is 8. The highest BCUT2D eigenvalue weighted by molar-refractivity contribution is 5.82. The minimum Gasteiger partial charge on any atom is -0.463 e. The Morgan fingerprint density at radius 1 is 1.06 bits per heavy atom. The highest BCUT2D eigenvalue weighted by Gasteiger charge is 2.51. The molecule has 0 aromatic carbocycles. The average molecular weight is 449 g/mol. The quantitative estimate of drug-likeness (QED) is 0.459. The first-order valence-corrected chi connectivity index (χ1v) is 10.2. The van der Waals surface area contributed by atoms with E-state index in [1.807, 2.05) is 0 Å². The zero-order valence-corrected chi connectivity index (χ0v) is 18.6. The van der Waals surface area contributed by atoms with E-state index in [0.717, 1.165) is 0 Å². The van der Waals surface area contributed by atoms with E-state index in [2.05, 4.69) is 34.1 Å². The Bertz CT molecular complexity index is 992. The van der Waals surface area contributed by atoms with Gasteiger partial charge in [0.25, 0.3) is 0 Å². The normalized spacial score (nSPS) is 22.7. The molecule has 1 saturated heterocycles. The van der Waals surface area contributed by atoms with Crippen molar-refractivity contribution in [2.75, 3.05) is 18.5 Å². The van der Waals surface area contributed by atoms with E-state index in [1.54, 1.807) is 4.57 Å². The summed E-state index contributed by atoms with van der Waals surface area (Å²) in [6.45, 7) is 8.36. The number of ether oxygens (including phenoxy) is 4. The molecular formula is C20H27N5O7. The van der Waals surface area contributed by atoms with Gasteiger partial charge in [0.2, 0.25) is 0 Å². The molecule has 1 aliphatic heterocycles. The lowest BCUT2D eigenvalue weighted by atomic mass is 10.1. The van der Waals surface area contributed by atoms with Gasteiger partial charge in [0.15, 0.2) is 35.4 Å². The first-order chi connectivity index (χ1) is 15.2. The van der Waals surface area contributed by atoms with Gasteiger partial charge in [0, 0.05) is 27.3 Å². The maximum atomic E-state index is 11.8. The van der Waals surface area contributed by atoms with E-state index < -0.39 is 42.4 Å². The molecule has 0 spiro atoms. The number of aromatic nitrogens is 4. The van der Waals surface area contributed by atoms with Gasteiger partial charge in [0.05, 0.1) is 6.33 Å². The number of esters is 3. The average Bonchev–Trinajstić information content (AvgIpc) is 3.26. The Hall–Kier alpha value is -3.28. The van der Waals surface area contributed by atoms with Gasteiger partial charge in [-0.25, -0.2) is 15.0 Å². The maximum Gasteiger partial charge on any atom is 0.303 e. The largest absolute Gasteiger partial charge is 0.463 e. The van der Waals surface area contributed by atoms with Gasteiger partial charge in [-0.1, -0.05) is 13.8 Å². The Morgan fingerprint density at radius 3 is 2.38 bits per heavy atom. The molecule has 2 aromatic rings. The molecule has 3 heterocycles. The summed E-state index contributed by atoms with van der Waals surface area (Å²) in [5, 5.41) is 3.23. The molecular weight excluding hydrogens is 422 g/mol. The third-order valence-electron chi connectivity index (χ3n) is 4.65. The van der Waals surface area contributed by atoms with E-state index in [-0.39, 0.29) is 6.61 Å². The Labute approximate surface area is 184 Å². The van der Waals surface area contributed by atoms with Crippen LogP contribution in [0.4, 0.5) is 5.82 Å². The molecule has 0 saturated carbocycles. The van der Waals surface area contributed by atoms with Gasteiger partial charge in [-0.05, 0) is 5.92 Å². The lowest BCUT2D eigenvalue weighted by molar-refractivity contribution is -0.166. The maximum absolute atomic E-state index is 11.8. The van der Waals surface area contributed by atoms with Crippen molar-refractivity contribution in [3.05, 3.63) is 12.7 Å². The molecule has 1 aliphatic rings. The van der Waals surface area contributed by atoms with Gasteiger partial charge in [-0.3, -0.25) is 19.0 Å². The van der Waals surface area contributed by atoms with E-state index in [9.17, 15) is 14.4 Å². The van der Waals surface area contributed by atoms with Crippen LogP contribution in [-0.2, 0) is 33.3 Å². The summed E-state index contributed by atoms with van der Waals surface area (Å²) in [4.78, 5) is 47.8. The van der Waals surface area contributed by atoms with Gasteiger partial charge < -0.3 is 24.3 Å². The van der Waals surface area contributed by atoms with Crippen molar-refractivity contribution in [1.82, 2.24) is 19.5 Å². The monoisotopic (exact) mass is 449 g/mol. The number of anilines is 1. The fourth-order valence-electron chi connectivity index (χ4n) is 3.39. The molecule has 1 fully saturated rings. The predicted molar refractivity (Wildman–Crippen MR) is 110 cm³/mol. The van der Waals surface area contributed by atoms with E-state index in [1.165, 1.54) is 33.4 Å². The minimum absolute atomic E-state index is 0.190. The minimum atomic E-state index is -1.02. The van der Waals surface area contributed by atoms with E-state index in [0.29, 0.717) is 29.4 Å². The van der Waals surface area contributed by atoms with Crippen LogP contribution in [0.5, 0.6) is 0 Å². The van der Waals surface area contributed by atoms with Crippen LogP contribution in [0.2, 0.25) is 0 Å². The Kier molecular flexibility index (Phi) is 7.23. The summed E-state index contributed by atoms with van der Waals surface area (Å²) in [5.41, 5.74) is 0.939. The zero-order valence-electron chi connectivity index (χ0n) is 18.6. The number of nitrogens with zero attached hydrogens (tertiary/aromatic N) is 4. The van der Waals surface area contributed by atoms with Gasteiger partial charge in [0.1, 0.15) is 19.0 Å². The van der Waals surface area contributed by atoms with Gasteiger partial charge in [-0.2, -0.15) is 0 Å². The summed E-state index contributed by atoms with van der Waals surface area (Å²) in [6.07, 6.45) is -0.939. The molecule has 2 unspecified atom stereocenters. The van der Waals surface area contributed by atoms with Crippen molar-refractivity contribution >= 4 is 34.9 Å². The van der Waals surface area contributed by atoms with Crippen molar-refractivity contribution in [2.24, 2.45) is 5.92 Å². The summed E-state index contributed by atoms with van der Waals surface area (Å²) in [5.74, 6) is -0.767. The number of carbonyl (C=O) groups excluding carboxylic acids is 3. The highest BCUT2D eigenvalue weighted by atomic mass is 16.7. The van der Waals surface area contributed by atoms with Crippen LogP contribution in [0.3, 0.4) is 0 Å².